The fourth-order valence-electron chi connectivity index (χ4n) is 5.41. The third kappa shape index (κ3) is 6.38. The number of aliphatic hydroxyl groups excluding tert-OH is 1. The van der Waals surface area contributed by atoms with Gasteiger partial charge in [0, 0.05) is 24.5 Å². The van der Waals surface area contributed by atoms with Crippen LogP contribution in [-0.4, -0.2) is 58.5 Å². The number of aromatic nitrogens is 2. The molecule has 2 aliphatic rings. The third-order valence-corrected chi connectivity index (χ3v) is 7.37. The molecule has 0 unspecified atom stereocenters. The zero-order valence-electron chi connectivity index (χ0n) is 22.2. The monoisotopic (exact) mass is 533 g/mol. The van der Waals surface area contributed by atoms with Gasteiger partial charge in [-0.3, -0.25) is 4.79 Å². The summed E-state index contributed by atoms with van der Waals surface area (Å²) in [4.78, 5) is 24.5. The fraction of sp³-hybridized carbons (Fsp3) is 0.433. The summed E-state index contributed by atoms with van der Waals surface area (Å²) in [6.07, 6.45) is 7.31. The standard InChI is InChI=1S/C30H35N3O6/c1-36-26-13-12-22-17-33(30(35)28(21-8-3-2-4-9-21)39-24-10-5-6-11-24)23(18-37-20-34)16-25(22)29(26)38-19-27-31-14-7-15-32-27/h2-4,7-9,12-15,23-24,28,34H,5-6,10-11,16-20H2,1H3/t23-,28-/m1/s1. The van der Waals surface area contributed by atoms with Crippen LogP contribution in [0.5, 0.6) is 11.5 Å². The van der Waals surface area contributed by atoms with E-state index in [9.17, 15) is 9.90 Å². The van der Waals surface area contributed by atoms with Gasteiger partial charge in [0.25, 0.3) is 5.91 Å². The van der Waals surface area contributed by atoms with Crippen LogP contribution in [0.15, 0.2) is 60.9 Å². The second-order valence-electron chi connectivity index (χ2n) is 9.85. The summed E-state index contributed by atoms with van der Waals surface area (Å²) in [6, 6.07) is 14.9. The first-order valence-electron chi connectivity index (χ1n) is 13.4. The summed E-state index contributed by atoms with van der Waals surface area (Å²) in [6.45, 7) is 0.274. The zero-order valence-corrected chi connectivity index (χ0v) is 22.2. The van der Waals surface area contributed by atoms with E-state index in [0.717, 1.165) is 42.4 Å². The molecule has 1 aliphatic carbocycles. The predicted molar refractivity (Wildman–Crippen MR) is 143 cm³/mol. The summed E-state index contributed by atoms with van der Waals surface area (Å²) in [5.74, 6) is 1.64. The van der Waals surface area contributed by atoms with E-state index in [-0.39, 0.29) is 31.3 Å². The number of hydrogen-bond donors (Lipinski definition) is 1. The van der Waals surface area contributed by atoms with Gasteiger partial charge in [0.1, 0.15) is 13.4 Å². The lowest BCUT2D eigenvalue weighted by Crippen LogP contribution is -2.49. The quantitative estimate of drug-likeness (QED) is 0.369. The molecule has 206 valence electrons. The Balaban J connectivity index is 1.45. The minimum Gasteiger partial charge on any atom is -0.493 e. The lowest BCUT2D eigenvalue weighted by atomic mass is 9.92. The Labute approximate surface area is 228 Å². The Bertz CT molecular complexity index is 1220. The molecule has 5 rings (SSSR count). The topological polar surface area (TPSA) is 103 Å². The molecule has 0 saturated heterocycles. The van der Waals surface area contributed by atoms with Gasteiger partial charge in [-0.25, -0.2) is 9.97 Å². The van der Waals surface area contributed by atoms with Gasteiger partial charge in [0.15, 0.2) is 23.4 Å². The molecule has 0 bridgehead atoms. The first kappa shape index (κ1) is 27.1. The molecule has 2 aromatic carbocycles. The number of rotatable bonds is 11. The van der Waals surface area contributed by atoms with Crippen LogP contribution in [0, 0.1) is 0 Å². The van der Waals surface area contributed by atoms with Crippen molar-refractivity contribution in [1.29, 1.82) is 0 Å². The molecule has 1 amide bonds. The normalized spacial score (nSPS) is 18.0. The Kier molecular flexibility index (Phi) is 9.03. The van der Waals surface area contributed by atoms with Gasteiger partial charge in [0.05, 0.1) is 25.9 Å². The molecule has 9 nitrogen and oxygen atoms in total. The Morgan fingerprint density at radius 2 is 1.85 bits per heavy atom. The largest absolute Gasteiger partial charge is 0.493 e. The molecule has 0 spiro atoms. The highest BCUT2D eigenvalue weighted by Crippen LogP contribution is 2.40. The van der Waals surface area contributed by atoms with Crippen molar-refractivity contribution in [3.63, 3.8) is 0 Å². The number of amides is 1. The van der Waals surface area contributed by atoms with E-state index in [4.69, 9.17) is 18.9 Å². The van der Waals surface area contributed by atoms with Gasteiger partial charge in [-0.15, -0.1) is 0 Å². The summed E-state index contributed by atoms with van der Waals surface area (Å²) in [5.41, 5.74) is 2.73. The number of ether oxygens (including phenoxy) is 4. The maximum atomic E-state index is 14.2. The van der Waals surface area contributed by atoms with Crippen molar-refractivity contribution in [1.82, 2.24) is 14.9 Å². The Morgan fingerprint density at radius 1 is 1.08 bits per heavy atom. The first-order valence-corrected chi connectivity index (χ1v) is 13.4. The number of benzene rings is 2. The molecule has 39 heavy (non-hydrogen) atoms. The van der Waals surface area contributed by atoms with Crippen LogP contribution >= 0.6 is 0 Å². The van der Waals surface area contributed by atoms with E-state index < -0.39 is 12.9 Å². The second-order valence-corrected chi connectivity index (χ2v) is 9.85. The number of fused-ring (bicyclic) bond motifs is 1. The molecule has 1 aliphatic heterocycles. The lowest BCUT2D eigenvalue weighted by Gasteiger charge is -2.39. The number of aliphatic hydroxyl groups is 1. The summed E-state index contributed by atoms with van der Waals surface area (Å²) >= 11 is 0. The van der Waals surface area contributed by atoms with Gasteiger partial charge in [-0.2, -0.15) is 0 Å². The summed E-state index contributed by atoms with van der Waals surface area (Å²) in [5, 5.41) is 9.43. The van der Waals surface area contributed by atoms with Crippen LogP contribution < -0.4 is 9.47 Å². The van der Waals surface area contributed by atoms with E-state index in [1.165, 1.54) is 0 Å². The molecule has 1 fully saturated rings. The van der Waals surface area contributed by atoms with Crippen molar-refractivity contribution in [2.75, 3.05) is 20.5 Å². The smallest absolute Gasteiger partial charge is 0.256 e. The van der Waals surface area contributed by atoms with E-state index in [1.54, 1.807) is 25.6 Å². The van der Waals surface area contributed by atoms with E-state index in [1.807, 2.05) is 47.4 Å². The summed E-state index contributed by atoms with van der Waals surface area (Å²) < 4.78 is 23.7. The molecule has 2 atom stereocenters. The maximum Gasteiger partial charge on any atom is 0.256 e. The maximum absolute atomic E-state index is 14.2. The van der Waals surface area contributed by atoms with Crippen molar-refractivity contribution in [3.05, 3.63) is 83.4 Å². The van der Waals surface area contributed by atoms with E-state index in [0.29, 0.717) is 30.3 Å². The molecule has 1 aromatic heterocycles. The number of methoxy groups -OCH3 is 1. The number of carbonyl (C=O) groups excluding carboxylic acids is 1. The molecule has 1 N–H and O–H groups in total. The van der Waals surface area contributed by atoms with E-state index in [2.05, 4.69) is 9.97 Å². The predicted octanol–water partition coefficient (Wildman–Crippen LogP) is 3.98. The number of carbonyl (C=O) groups is 1. The minimum absolute atomic E-state index is 0.0628. The van der Waals surface area contributed by atoms with Crippen LogP contribution in [0.4, 0.5) is 0 Å². The minimum atomic E-state index is -0.711. The van der Waals surface area contributed by atoms with Crippen molar-refractivity contribution in [3.8, 4) is 11.5 Å². The number of hydrogen-bond acceptors (Lipinski definition) is 8. The fourth-order valence-corrected chi connectivity index (χ4v) is 5.41. The summed E-state index contributed by atoms with van der Waals surface area (Å²) in [7, 11) is 1.60. The Hall–Kier alpha value is -3.53. The van der Waals surface area contributed by atoms with Crippen LogP contribution in [0.3, 0.4) is 0 Å². The zero-order chi connectivity index (χ0) is 27.0. The molecular formula is C30H35N3O6. The average Bonchev–Trinajstić information content (AvgIpc) is 3.51. The molecular weight excluding hydrogens is 498 g/mol. The van der Waals surface area contributed by atoms with Crippen molar-refractivity contribution >= 4 is 5.91 Å². The van der Waals surface area contributed by atoms with Crippen molar-refractivity contribution in [2.24, 2.45) is 0 Å². The van der Waals surface area contributed by atoms with Gasteiger partial charge >= 0.3 is 0 Å². The highest BCUT2D eigenvalue weighted by molar-refractivity contribution is 5.83. The van der Waals surface area contributed by atoms with Crippen LogP contribution in [-0.2, 0) is 33.8 Å². The highest BCUT2D eigenvalue weighted by Gasteiger charge is 2.38. The molecule has 0 radical (unpaired) electrons. The molecule has 1 saturated carbocycles. The van der Waals surface area contributed by atoms with Gasteiger partial charge in [-0.1, -0.05) is 49.2 Å². The average molecular weight is 534 g/mol. The van der Waals surface area contributed by atoms with E-state index >= 15 is 0 Å². The highest BCUT2D eigenvalue weighted by atomic mass is 16.6. The van der Waals surface area contributed by atoms with Gasteiger partial charge < -0.3 is 29.0 Å². The number of nitrogens with zero attached hydrogens (tertiary/aromatic N) is 3. The first-order chi connectivity index (χ1) is 19.2. The van der Waals surface area contributed by atoms with Gasteiger partial charge in [0.2, 0.25) is 0 Å². The van der Waals surface area contributed by atoms with Crippen molar-refractivity contribution < 1.29 is 28.8 Å². The van der Waals surface area contributed by atoms with Crippen molar-refractivity contribution in [2.45, 2.75) is 63.5 Å². The van der Waals surface area contributed by atoms with Crippen LogP contribution in [0.1, 0.15) is 54.3 Å². The second kappa shape index (κ2) is 13.0. The molecule has 3 aromatic rings. The Morgan fingerprint density at radius 3 is 2.56 bits per heavy atom. The SMILES string of the molecule is COc1ccc2c(c1OCc1ncccn1)C[C@H](COCO)N(C(=O)[C@H](OC1CCCC1)c1ccccc1)C2. The molecule has 2 heterocycles. The lowest BCUT2D eigenvalue weighted by molar-refractivity contribution is -0.154. The van der Waals surface area contributed by atoms with Crippen LogP contribution in [0.25, 0.3) is 0 Å². The van der Waals surface area contributed by atoms with Gasteiger partial charge in [-0.05, 0) is 42.5 Å². The third-order valence-electron chi connectivity index (χ3n) is 7.37. The molecule has 9 heteroatoms. The van der Waals surface area contributed by atoms with Crippen LogP contribution in [0.2, 0.25) is 0 Å².